The summed E-state index contributed by atoms with van der Waals surface area (Å²) in [4.78, 5) is 39.7. The van der Waals surface area contributed by atoms with E-state index in [4.69, 9.17) is 0 Å². The van der Waals surface area contributed by atoms with Crippen LogP contribution in [0.4, 0.5) is 0 Å². The minimum atomic E-state index is -0.759. The van der Waals surface area contributed by atoms with Crippen molar-refractivity contribution in [2.75, 3.05) is 13.1 Å². The second-order valence-electron chi connectivity index (χ2n) is 3.94. The Balaban J connectivity index is 2.24. The quantitative estimate of drug-likeness (QED) is 0.653. The Bertz CT molecular complexity index is 486. The van der Waals surface area contributed by atoms with E-state index in [1.165, 1.54) is 6.42 Å². The maximum Gasteiger partial charge on any atom is 0.334 e. The highest BCUT2D eigenvalue weighted by atomic mass is 16.2. The van der Waals surface area contributed by atoms with Gasteiger partial charge >= 0.3 is 17.1 Å². The van der Waals surface area contributed by atoms with E-state index in [2.05, 4.69) is 0 Å². The van der Waals surface area contributed by atoms with Gasteiger partial charge in [-0.05, 0) is 25.9 Å². The summed E-state index contributed by atoms with van der Waals surface area (Å²) in [6.45, 7) is 2.00. The molecule has 2 rings (SSSR count). The van der Waals surface area contributed by atoms with Crippen LogP contribution in [0.5, 0.6) is 0 Å². The Morgan fingerprint density at radius 2 is 1.50 bits per heavy atom. The average Bonchev–Trinajstić information content (AvgIpc) is 2.25. The zero-order chi connectivity index (χ0) is 11.5. The van der Waals surface area contributed by atoms with Crippen LogP contribution in [0.1, 0.15) is 19.3 Å². The fraction of sp³-hybridized carbons (Fsp3) is 0.667. The lowest BCUT2D eigenvalue weighted by atomic mass is 10.1. The minimum absolute atomic E-state index is 0.241. The molecule has 1 aliphatic rings. The van der Waals surface area contributed by atoms with E-state index in [-0.39, 0.29) is 6.67 Å². The summed E-state index contributed by atoms with van der Waals surface area (Å²) in [5.74, 6) is 0. The van der Waals surface area contributed by atoms with Crippen molar-refractivity contribution < 1.29 is 0 Å². The monoisotopic (exact) mass is 226 g/mol. The van der Waals surface area contributed by atoms with Crippen molar-refractivity contribution >= 4 is 0 Å². The van der Waals surface area contributed by atoms with Gasteiger partial charge in [0, 0.05) is 0 Å². The van der Waals surface area contributed by atoms with Crippen molar-refractivity contribution in [2.24, 2.45) is 0 Å². The molecule has 0 saturated carbocycles. The Hall–Kier alpha value is -1.63. The van der Waals surface area contributed by atoms with E-state index in [1.54, 1.807) is 0 Å². The molecular formula is C9H14N4O3. The topological polar surface area (TPSA) is 91.0 Å². The number of aromatic nitrogens is 3. The normalized spacial score (nSPS) is 17.5. The van der Waals surface area contributed by atoms with Crippen molar-refractivity contribution in [3.63, 3.8) is 0 Å². The molecule has 0 unspecified atom stereocenters. The third-order valence-electron chi connectivity index (χ3n) is 2.72. The van der Waals surface area contributed by atoms with Crippen LogP contribution in [0.25, 0.3) is 0 Å². The van der Waals surface area contributed by atoms with Crippen LogP contribution in [0.15, 0.2) is 14.4 Å². The molecule has 1 aromatic rings. The van der Waals surface area contributed by atoms with E-state index in [0.29, 0.717) is 0 Å². The van der Waals surface area contributed by atoms with Gasteiger partial charge in [0.05, 0.1) is 6.67 Å². The predicted octanol–water partition coefficient (Wildman–Crippen LogP) is -1.33. The van der Waals surface area contributed by atoms with Crippen molar-refractivity contribution in [1.82, 2.24) is 19.4 Å². The summed E-state index contributed by atoms with van der Waals surface area (Å²) in [7, 11) is 0. The number of rotatable bonds is 2. The summed E-state index contributed by atoms with van der Waals surface area (Å²) >= 11 is 0. The molecule has 0 bridgehead atoms. The van der Waals surface area contributed by atoms with Gasteiger partial charge in [-0.15, -0.1) is 0 Å². The van der Waals surface area contributed by atoms with Gasteiger partial charge in [0.1, 0.15) is 0 Å². The van der Waals surface area contributed by atoms with E-state index in [1.807, 2.05) is 14.9 Å². The molecule has 1 aromatic heterocycles. The molecule has 1 saturated heterocycles. The standard InChI is InChI=1S/C9H14N4O3/c14-7-10-8(15)13(9(16)11-7)6-12-4-2-1-3-5-12/h1-6H2,(H2,10,11,14,15,16). The van der Waals surface area contributed by atoms with E-state index in [9.17, 15) is 14.4 Å². The first kappa shape index (κ1) is 10.9. The molecule has 2 N–H and O–H groups in total. The zero-order valence-corrected chi connectivity index (χ0v) is 8.86. The maximum absolute atomic E-state index is 11.4. The molecule has 0 atom stereocenters. The van der Waals surface area contributed by atoms with Gasteiger partial charge in [0.25, 0.3) is 0 Å². The molecular weight excluding hydrogens is 212 g/mol. The Morgan fingerprint density at radius 1 is 0.938 bits per heavy atom. The molecule has 7 nitrogen and oxygen atoms in total. The van der Waals surface area contributed by atoms with E-state index < -0.39 is 17.1 Å². The van der Waals surface area contributed by atoms with Crippen LogP contribution in [-0.4, -0.2) is 32.5 Å². The van der Waals surface area contributed by atoms with Gasteiger partial charge in [-0.3, -0.25) is 14.9 Å². The van der Waals surface area contributed by atoms with Crippen LogP contribution < -0.4 is 17.1 Å². The molecule has 0 amide bonds. The zero-order valence-electron chi connectivity index (χ0n) is 8.86. The summed E-state index contributed by atoms with van der Waals surface area (Å²) in [6, 6.07) is 0. The van der Waals surface area contributed by atoms with E-state index >= 15 is 0 Å². The molecule has 0 aliphatic carbocycles. The average molecular weight is 226 g/mol. The van der Waals surface area contributed by atoms with Crippen LogP contribution in [-0.2, 0) is 6.67 Å². The largest absolute Gasteiger partial charge is 0.334 e. The lowest BCUT2D eigenvalue weighted by Gasteiger charge is -2.26. The third-order valence-corrected chi connectivity index (χ3v) is 2.72. The van der Waals surface area contributed by atoms with Crippen molar-refractivity contribution in [3.8, 4) is 0 Å². The second-order valence-corrected chi connectivity index (χ2v) is 3.94. The van der Waals surface area contributed by atoms with Crippen LogP contribution >= 0.6 is 0 Å². The van der Waals surface area contributed by atoms with E-state index in [0.717, 1.165) is 30.5 Å². The van der Waals surface area contributed by atoms with Crippen molar-refractivity contribution in [3.05, 3.63) is 31.5 Å². The second kappa shape index (κ2) is 4.48. The SMILES string of the molecule is O=c1[nH]c(=O)n(CN2CCCCC2)c(=O)[nH]1. The number of hydrogen-bond acceptors (Lipinski definition) is 4. The molecule has 1 fully saturated rings. The van der Waals surface area contributed by atoms with Crippen LogP contribution in [0.3, 0.4) is 0 Å². The first-order chi connectivity index (χ1) is 7.66. The summed E-state index contributed by atoms with van der Waals surface area (Å²) in [6.07, 6.45) is 3.35. The number of hydrogen-bond donors (Lipinski definition) is 2. The molecule has 0 aromatic carbocycles. The molecule has 2 heterocycles. The van der Waals surface area contributed by atoms with Gasteiger partial charge in [-0.1, -0.05) is 6.42 Å². The third kappa shape index (κ3) is 2.30. The van der Waals surface area contributed by atoms with Crippen LogP contribution in [0.2, 0.25) is 0 Å². The molecule has 0 spiro atoms. The fourth-order valence-electron chi connectivity index (χ4n) is 1.88. The number of nitrogens with zero attached hydrogens (tertiary/aromatic N) is 2. The number of likely N-dealkylation sites (tertiary alicyclic amines) is 1. The van der Waals surface area contributed by atoms with Gasteiger partial charge in [-0.2, -0.15) is 0 Å². The number of aromatic amines is 2. The molecule has 16 heavy (non-hydrogen) atoms. The van der Waals surface area contributed by atoms with Crippen molar-refractivity contribution in [1.29, 1.82) is 0 Å². The highest BCUT2D eigenvalue weighted by Crippen LogP contribution is 2.07. The van der Waals surface area contributed by atoms with Gasteiger partial charge in [-0.25, -0.2) is 19.0 Å². The van der Waals surface area contributed by atoms with Gasteiger partial charge < -0.3 is 0 Å². The first-order valence-electron chi connectivity index (χ1n) is 5.32. The first-order valence-corrected chi connectivity index (χ1v) is 5.32. The molecule has 7 heteroatoms. The molecule has 88 valence electrons. The number of nitrogens with one attached hydrogen (secondary N) is 2. The number of piperidine rings is 1. The molecule has 1 aliphatic heterocycles. The van der Waals surface area contributed by atoms with Gasteiger partial charge in [0.15, 0.2) is 0 Å². The van der Waals surface area contributed by atoms with Gasteiger partial charge in [0.2, 0.25) is 0 Å². The summed E-state index contributed by atoms with van der Waals surface area (Å²) in [5.41, 5.74) is -2.07. The number of H-pyrrole nitrogens is 2. The predicted molar refractivity (Wildman–Crippen MR) is 57.4 cm³/mol. The Kier molecular flexibility index (Phi) is 3.04. The lowest BCUT2D eigenvalue weighted by molar-refractivity contribution is 0.175. The molecule has 0 radical (unpaired) electrons. The minimum Gasteiger partial charge on any atom is -0.285 e. The lowest BCUT2D eigenvalue weighted by Crippen LogP contribution is -2.47. The Morgan fingerprint density at radius 3 is 2.06 bits per heavy atom. The Labute approximate surface area is 90.7 Å². The smallest absolute Gasteiger partial charge is 0.285 e. The highest BCUT2D eigenvalue weighted by molar-refractivity contribution is 4.71. The summed E-state index contributed by atoms with van der Waals surface area (Å²) in [5, 5.41) is 0. The van der Waals surface area contributed by atoms with Crippen LogP contribution in [0, 0.1) is 0 Å². The fourth-order valence-corrected chi connectivity index (χ4v) is 1.88. The van der Waals surface area contributed by atoms with Crippen molar-refractivity contribution in [2.45, 2.75) is 25.9 Å². The maximum atomic E-state index is 11.4. The summed E-state index contributed by atoms with van der Waals surface area (Å²) < 4.78 is 1.01. The highest BCUT2D eigenvalue weighted by Gasteiger charge is 2.12.